The molecule has 0 aliphatic rings. The molecule has 0 saturated heterocycles. The molecule has 0 aromatic carbocycles. The number of alkyl halides is 26. The van der Waals surface area contributed by atoms with Gasteiger partial charge < -0.3 is 9.11 Å². The Morgan fingerprint density at radius 3 is 0.452 bits per heavy atom. The fourth-order valence-electron chi connectivity index (χ4n) is 1.93. The number of hydrogen-bond acceptors (Lipinski definition) is 2. The summed E-state index contributed by atoms with van der Waals surface area (Å²) >= 11 is 96.2. The van der Waals surface area contributed by atoms with Crippen LogP contribution in [0.1, 0.15) is 0 Å². The quantitative estimate of drug-likeness (QED) is 0.185. The lowest BCUT2D eigenvalue weighted by atomic mass is 10.0. The van der Waals surface area contributed by atoms with Crippen LogP contribution in [0.15, 0.2) is 0 Å². The second kappa shape index (κ2) is 19.3. The van der Waals surface area contributed by atoms with Crippen LogP contribution in [0.3, 0.4) is 0 Å². The van der Waals surface area contributed by atoms with Crippen LogP contribution >= 0.6 is 414 Å². The molecular formula is C12HBr26O3S-. The fourth-order valence-corrected chi connectivity index (χ4v) is 26.1. The highest BCUT2D eigenvalue weighted by Crippen LogP contribution is 2.81. The van der Waals surface area contributed by atoms with E-state index in [1.807, 2.05) is 0 Å². The summed E-state index contributed by atoms with van der Waals surface area (Å²) in [4.78, 5) is 0. The molecule has 0 rings (SSSR count). The van der Waals surface area contributed by atoms with Gasteiger partial charge in [-0.25, -0.2) is 4.21 Å². The molecule has 1 unspecified atom stereocenters. The third-order valence-corrected chi connectivity index (χ3v) is 57.2. The molecule has 0 radical (unpaired) electrons. The highest BCUT2D eigenvalue weighted by Gasteiger charge is 2.81. The van der Waals surface area contributed by atoms with Crippen LogP contribution in [0.25, 0.3) is 0 Å². The van der Waals surface area contributed by atoms with E-state index in [0.717, 1.165) is 0 Å². The molecule has 0 spiro atoms. The van der Waals surface area contributed by atoms with Gasteiger partial charge in [-0.05, 0) is 0 Å². The molecule has 0 amide bonds. The van der Waals surface area contributed by atoms with Crippen molar-refractivity contribution in [1.29, 1.82) is 0 Å². The minimum atomic E-state index is -2.86. The number of hydrogen-bond donors (Lipinski definition) is 1. The summed E-state index contributed by atoms with van der Waals surface area (Å²) in [6.45, 7) is 0. The summed E-state index contributed by atoms with van der Waals surface area (Å²) < 4.78 is 11.5. The zero-order chi connectivity index (χ0) is 35.6. The normalized spacial score (nSPS) is 17.0. The number of halogens is 26. The van der Waals surface area contributed by atoms with Crippen molar-refractivity contribution in [3.8, 4) is 0 Å². The summed E-state index contributed by atoms with van der Waals surface area (Å²) in [5.74, 6) is 0. The van der Waals surface area contributed by atoms with Crippen LogP contribution in [0.2, 0.25) is 0 Å². The summed E-state index contributed by atoms with van der Waals surface area (Å²) in [5, 5.41) is 0. The first-order valence-corrected chi connectivity index (χ1v) is 29.8. The van der Waals surface area contributed by atoms with Crippen LogP contribution in [-0.2, 0) is 11.4 Å². The van der Waals surface area contributed by atoms with Gasteiger partial charge in [0.05, 0.1) is 11.4 Å². The topological polar surface area (TPSA) is 60.4 Å². The lowest BCUT2D eigenvalue weighted by Gasteiger charge is -2.60. The molecule has 0 heterocycles. The molecular weight excluding hydrogens is 2300 g/mol. The van der Waals surface area contributed by atoms with E-state index >= 15 is 0 Å². The summed E-state index contributed by atoms with van der Waals surface area (Å²) in [6.07, 6.45) is 0. The van der Waals surface area contributed by atoms with E-state index in [9.17, 15) is 0 Å². The Balaban J connectivity index is 0. The van der Waals surface area contributed by atoms with Crippen molar-refractivity contribution in [1.82, 2.24) is 0 Å². The average molecular weight is 2300 g/mol. The maximum Gasteiger partial charge on any atom is 0.162 e. The molecule has 42 heavy (non-hydrogen) atoms. The van der Waals surface area contributed by atoms with Crippen LogP contribution in [-0.4, -0.2) is 49.9 Å². The molecule has 0 aromatic rings. The zero-order valence-electron chi connectivity index (χ0n) is 17.5. The first kappa shape index (κ1) is 56.6. The van der Waals surface area contributed by atoms with Crippen LogP contribution in [0, 0.1) is 0 Å². The molecule has 256 valence electrons. The lowest BCUT2D eigenvalue weighted by molar-refractivity contribution is 0.436. The van der Waals surface area contributed by atoms with Gasteiger partial charge >= 0.3 is 0 Å². The second-order valence-electron chi connectivity index (χ2n) is 6.96. The smallest absolute Gasteiger partial charge is 0.162 e. The maximum atomic E-state index is 8.56. The fraction of sp³-hybridized carbons (Fsp3) is 1.00. The largest absolute Gasteiger partial charge is 0.750 e. The zero-order valence-corrected chi connectivity index (χ0v) is 59.6. The van der Waals surface area contributed by atoms with Crippen LogP contribution < -0.4 is 0 Å². The first-order valence-electron chi connectivity index (χ1n) is 8.18. The molecule has 0 aromatic heterocycles. The third-order valence-electron chi connectivity index (χ3n) is 4.26. The van der Waals surface area contributed by atoms with Crippen molar-refractivity contribution in [2.24, 2.45) is 0 Å². The molecule has 0 bridgehead atoms. The first-order chi connectivity index (χ1) is 17.5. The monoisotopic (exact) mass is 2280 g/mol. The Morgan fingerprint density at radius 2 is 0.381 bits per heavy atom. The van der Waals surface area contributed by atoms with Crippen molar-refractivity contribution in [2.75, 3.05) is 0 Å². The van der Waals surface area contributed by atoms with Gasteiger partial charge in [0.25, 0.3) is 0 Å². The van der Waals surface area contributed by atoms with E-state index in [1.54, 1.807) is 0 Å². The van der Waals surface area contributed by atoms with Crippen LogP contribution in [0.4, 0.5) is 0 Å². The van der Waals surface area contributed by atoms with Crippen molar-refractivity contribution < 1.29 is 13.3 Å². The van der Waals surface area contributed by atoms with E-state index in [2.05, 4.69) is 414 Å². The van der Waals surface area contributed by atoms with Crippen molar-refractivity contribution in [3.63, 3.8) is 0 Å². The number of rotatable bonds is 9. The van der Waals surface area contributed by atoms with Gasteiger partial charge in [-0.1, -0.05) is 414 Å². The molecule has 3 nitrogen and oxygen atoms in total. The maximum absolute atomic E-state index is 8.56. The van der Waals surface area contributed by atoms with Gasteiger partial charge in [0.2, 0.25) is 0 Å². The Labute approximate surface area is 464 Å². The Kier molecular flexibility index (Phi) is 26.0. The molecule has 1 N–H and O–H groups in total. The van der Waals surface area contributed by atoms with Gasteiger partial charge in [-0.3, -0.25) is 0 Å². The highest BCUT2D eigenvalue weighted by atomic mass is 80.0. The van der Waals surface area contributed by atoms with Crippen molar-refractivity contribution >= 4 is 426 Å². The third kappa shape index (κ3) is 11.2. The molecule has 0 fully saturated rings. The predicted molar refractivity (Wildman–Crippen MR) is 276 cm³/mol. The molecule has 0 aliphatic heterocycles. The molecule has 0 aliphatic carbocycles. The Hall–Kier alpha value is 12.6. The van der Waals surface area contributed by atoms with E-state index in [4.69, 9.17) is 13.3 Å². The summed E-state index contributed by atoms with van der Waals surface area (Å²) in [6, 6.07) is 0. The molecule has 0 saturated carbocycles. The van der Waals surface area contributed by atoms with E-state index < -0.39 is 48.0 Å². The average Bonchev–Trinajstić information content (AvgIpc) is 2.70. The predicted octanol–water partition coefficient (Wildman–Crippen LogP) is 18.9. The molecule has 1 atom stereocenters. The van der Waals surface area contributed by atoms with Gasteiger partial charge in [-0.2, -0.15) is 0 Å². The minimum absolute atomic E-state index is 0.847. The van der Waals surface area contributed by atoms with E-state index in [0.29, 0.717) is 0 Å². The SMILES string of the molecule is BrC(Br)(Br)C(Br)(Br)C(Br)(Br)C(Br)(Br)C(Br)(Br)C(Br)(Br)C(Br)(Br)C(Br)(Br)C(Br)(Br)C(Br)(Br)C(Br)(Br)C(Br)(Br)Br.O=S([O-])O. The second-order valence-corrected chi connectivity index (χ2v) is 55.3. The highest BCUT2D eigenvalue weighted by molar-refractivity contribution is 9.43. The van der Waals surface area contributed by atoms with Crippen molar-refractivity contribution in [3.05, 3.63) is 0 Å². The Bertz CT molecular complexity index is 898. The molecule has 30 heteroatoms. The van der Waals surface area contributed by atoms with Gasteiger partial charge in [0.15, 0.2) is 4.29 Å². The van der Waals surface area contributed by atoms with E-state index in [1.165, 1.54) is 0 Å². The van der Waals surface area contributed by atoms with Crippen LogP contribution in [0.5, 0.6) is 0 Å². The lowest BCUT2D eigenvalue weighted by Crippen LogP contribution is -2.71. The Morgan fingerprint density at radius 1 is 0.310 bits per heavy atom. The van der Waals surface area contributed by atoms with Gasteiger partial charge in [0.1, 0.15) is 32.3 Å². The van der Waals surface area contributed by atoms with Gasteiger partial charge in [-0.15, -0.1) is 0 Å². The summed E-state index contributed by atoms with van der Waals surface area (Å²) in [5.41, 5.74) is 0. The minimum Gasteiger partial charge on any atom is -0.750 e. The van der Waals surface area contributed by atoms with Crippen molar-refractivity contribution in [2.45, 2.75) is 36.6 Å². The standard InChI is InChI=1S/C12Br26.H2O3S/c13-1(14,3(17,18)5(21,22)7(25,26)9(29,30)11(33,34)35)2(15,16)4(19,20)6(23,24)8(27,28)10(31,32)12(36,37)38;1-4(2)3/h;(H2,1,2,3)/p-1. The summed E-state index contributed by atoms with van der Waals surface area (Å²) in [7, 11) is 0. The van der Waals surface area contributed by atoms with Gasteiger partial charge in [0, 0.05) is 0 Å². The van der Waals surface area contributed by atoms with E-state index in [-0.39, 0.29) is 0 Å².